The lowest BCUT2D eigenvalue weighted by Gasteiger charge is -2.17. The van der Waals surface area contributed by atoms with Crippen LogP contribution in [0.4, 0.5) is 0 Å². The summed E-state index contributed by atoms with van der Waals surface area (Å²) < 4.78 is 11.7. The summed E-state index contributed by atoms with van der Waals surface area (Å²) in [5.74, 6) is 0. The molecule has 0 bridgehead atoms. The molecule has 150 valence electrons. The van der Waals surface area contributed by atoms with Crippen LogP contribution in [0.5, 0.6) is 0 Å². The molecule has 0 saturated heterocycles. The van der Waals surface area contributed by atoms with Crippen LogP contribution >= 0.6 is 0 Å². The fourth-order valence-electron chi connectivity index (χ4n) is 2.37. The van der Waals surface area contributed by atoms with Crippen LogP contribution in [0.15, 0.2) is 71.0 Å². The Labute approximate surface area is 171 Å². The highest BCUT2D eigenvalue weighted by atomic mass is 28.4. The number of nitrogens with zero attached hydrogens (tertiary/aromatic N) is 2. The maximum atomic E-state index is 5.86. The van der Waals surface area contributed by atoms with E-state index in [1.807, 2.05) is 36.4 Å². The SMILES string of the molecule is C[Si](C)(C)ON=C(CCC(=NO[Si](C)(C)C)c1ccccc1)c1ccccc1. The van der Waals surface area contributed by atoms with Crippen LogP contribution in [0.2, 0.25) is 39.3 Å². The highest BCUT2D eigenvalue weighted by Gasteiger charge is 2.19. The minimum atomic E-state index is -1.75. The fraction of sp³-hybridized carbons (Fsp3) is 0.364. The van der Waals surface area contributed by atoms with E-state index in [2.05, 4.69) is 73.9 Å². The Morgan fingerprint density at radius 1 is 0.607 bits per heavy atom. The lowest BCUT2D eigenvalue weighted by Crippen LogP contribution is -2.24. The highest BCUT2D eigenvalue weighted by Crippen LogP contribution is 2.15. The Kier molecular flexibility index (Phi) is 7.77. The van der Waals surface area contributed by atoms with Crippen molar-refractivity contribution in [1.82, 2.24) is 0 Å². The molecule has 0 heterocycles. The van der Waals surface area contributed by atoms with Gasteiger partial charge in [0.2, 0.25) is 0 Å². The molecule has 6 heteroatoms. The van der Waals surface area contributed by atoms with Gasteiger partial charge in [0, 0.05) is 0 Å². The largest absolute Gasteiger partial charge is 0.455 e. The van der Waals surface area contributed by atoms with Gasteiger partial charge in [0.05, 0.1) is 11.4 Å². The molecule has 2 aromatic rings. The third-order valence-corrected chi connectivity index (χ3v) is 4.95. The zero-order valence-electron chi connectivity index (χ0n) is 17.9. The number of hydrogen-bond donors (Lipinski definition) is 0. The van der Waals surface area contributed by atoms with Crippen molar-refractivity contribution in [2.24, 2.45) is 10.3 Å². The third-order valence-electron chi connectivity index (χ3n) is 3.67. The van der Waals surface area contributed by atoms with Crippen molar-refractivity contribution in [1.29, 1.82) is 0 Å². The molecule has 0 aliphatic rings. The van der Waals surface area contributed by atoms with Gasteiger partial charge in [-0.15, -0.1) is 10.3 Å². The quantitative estimate of drug-likeness (QED) is 0.276. The van der Waals surface area contributed by atoms with Crippen molar-refractivity contribution in [3.8, 4) is 0 Å². The summed E-state index contributed by atoms with van der Waals surface area (Å²) in [6.45, 7) is 12.8. The van der Waals surface area contributed by atoms with Gasteiger partial charge in [-0.1, -0.05) is 60.7 Å². The van der Waals surface area contributed by atoms with Gasteiger partial charge in [-0.2, -0.15) is 0 Å². The Balaban J connectivity index is 2.25. The first-order valence-corrected chi connectivity index (χ1v) is 16.6. The zero-order chi connectivity index (χ0) is 20.6. The average Bonchev–Trinajstić information content (AvgIpc) is 2.64. The van der Waals surface area contributed by atoms with Gasteiger partial charge in [-0.25, -0.2) is 0 Å². The molecule has 0 radical (unpaired) electrons. The molecule has 0 fully saturated rings. The van der Waals surface area contributed by atoms with Crippen LogP contribution in [-0.2, 0) is 9.05 Å². The van der Waals surface area contributed by atoms with Gasteiger partial charge in [0.15, 0.2) is 0 Å². The van der Waals surface area contributed by atoms with Gasteiger partial charge in [0.25, 0.3) is 16.6 Å². The first kappa shape index (κ1) is 22.1. The summed E-state index contributed by atoms with van der Waals surface area (Å²) in [6, 6.07) is 20.4. The molecule has 0 atom stereocenters. The normalized spacial score (nSPS) is 13.4. The van der Waals surface area contributed by atoms with E-state index in [9.17, 15) is 0 Å². The molecular formula is C22H32N2O2Si2. The molecule has 0 aliphatic heterocycles. The lowest BCUT2D eigenvalue weighted by molar-refractivity contribution is 0.332. The van der Waals surface area contributed by atoms with Crippen molar-refractivity contribution in [2.45, 2.75) is 52.1 Å². The van der Waals surface area contributed by atoms with E-state index >= 15 is 0 Å². The van der Waals surface area contributed by atoms with E-state index in [-0.39, 0.29) is 0 Å². The van der Waals surface area contributed by atoms with Crippen molar-refractivity contribution >= 4 is 28.1 Å². The van der Waals surface area contributed by atoms with Crippen LogP contribution in [0.3, 0.4) is 0 Å². The summed E-state index contributed by atoms with van der Waals surface area (Å²) in [7, 11) is -3.50. The summed E-state index contributed by atoms with van der Waals surface area (Å²) in [5, 5.41) is 9.06. The van der Waals surface area contributed by atoms with E-state index < -0.39 is 16.6 Å². The first-order chi connectivity index (χ1) is 13.1. The monoisotopic (exact) mass is 412 g/mol. The summed E-state index contributed by atoms with van der Waals surface area (Å²) in [5.41, 5.74) is 4.05. The van der Waals surface area contributed by atoms with E-state index in [1.54, 1.807) is 0 Å². The van der Waals surface area contributed by atoms with Gasteiger partial charge in [-0.3, -0.25) is 0 Å². The smallest absolute Gasteiger partial charge is 0.278 e. The summed E-state index contributed by atoms with van der Waals surface area (Å²) in [6.07, 6.45) is 1.47. The average molecular weight is 413 g/mol. The van der Waals surface area contributed by atoms with Crippen LogP contribution < -0.4 is 0 Å². The molecule has 0 unspecified atom stereocenters. The second-order valence-electron chi connectivity index (χ2n) is 8.72. The third kappa shape index (κ3) is 8.23. The summed E-state index contributed by atoms with van der Waals surface area (Å²) >= 11 is 0. The minimum absolute atomic E-state index is 0.733. The summed E-state index contributed by atoms with van der Waals surface area (Å²) in [4.78, 5) is 0. The molecule has 4 nitrogen and oxygen atoms in total. The highest BCUT2D eigenvalue weighted by molar-refractivity contribution is 6.70. The fourth-order valence-corrected chi connectivity index (χ4v) is 3.14. The van der Waals surface area contributed by atoms with Gasteiger partial charge in [0.1, 0.15) is 0 Å². The number of benzene rings is 2. The molecule has 0 N–H and O–H groups in total. The maximum Gasteiger partial charge on any atom is 0.278 e. The standard InChI is InChI=1S/C22H32N2O2Si2/c1-27(2,3)25-23-21(19-13-9-7-10-14-19)17-18-22(24-26-28(4,5)6)20-15-11-8-12-16-20/h7-16H,17-18H2,1-6H3. The Morgan fingerprint density at radius 3 is 1.21 bits per heavy atom. The lowest BCUT2D eigenvalue weighted by atomic mass is 10.0. The van der Waals surface area contributed by atoms with Crippen molar-refractivity contribution in [3.05, 3.63) is 71.8 Å². The topological polar surface area (TPSA) is 43.2 Å². The maximum absolute atomic E-state index is 5.86. The molecule has 0 spiro atoms. The van der Waals surface area contributed by atoms with Gasteiger partial charge >= 0.3 is 0 Å². The molecule has 0 aromatic heterocycles. The first-order valence-electron chi connectivity index (χ1n) is 9.75. The molecule has 0 amide bonds. The van der Waals surface area contributed by atoms with E-state index in [0.29, 0.717) is 0 Å². The number of oxime groups is 2. The van der Waals surface area contributed by atoms with Crippen molar-refractivity contribution in [3.63, 3.8) is 0 Å². The second-order valence-corrected chi connectivity index (χ2v) is 17.5. The van der Waals surface area contributed by atoms with Crippen LogP contribution in [0.25, 0.3) is 0 Å². The molecule has 2 rings (SSSR count). The zero-order valence-corrected chi connectivity index (χ0v) is 19.9. The predicted octanol–water partition coefficient (Wildman–Crippen LogP) is 6.28. The molecule has 2 aromatic carbocycles. The Hall–Kier alpha value is -2.19. The minimum Gasteiger partial charge on any atom is -0.455 e. The van der Waals surface area contributed by atoms with Gasteiger partial charge in [-0.05, 0) is 63.3 Å². The number of rotatable bonds is 9. The van der Waals surface area contributed by atoms with Crippen LogP contribution in [0.1, 0.15) is 24.0 Å². The number of hydrogen-bond acceptors (Lipinski definition) is 4. The predicted molar refractivity (Wildman–Crippen MR) is 124 cm³/mol. The van der Waals surface area contributed by atoms with E-state index in [4.69, 9.17) is 9.05 Å². The van der Waals surface area contributed by atoms with Crippen LogP contribution in [-0.4, -0.2) is 28.1 Å². The van der Waals surface area contributed by atoms with E-state index in [0.717, 1.165) is 35.4 Å². The Bertz CT molecular complexity index is 723. The second kappa shape index (κ2) is 9.84. The molecule has 0 aliphatic carbocycles. The molecule has 0 saturated carbocycles. The van der Waals surface area contributed by atoms with Crippen molar-refractivity contribution in [2.75, 3.05) is 0 Å². The van der Waals surface area contributed by atoms with Gasteiger partial charge < -0.3 is 9.05 Å². The van der Waals surface area contributed by atoms with E-state index in [1.165, 1.54) is 0 Å². The molecule has 28 heavy (non-hydrogen) atoms. The van der Waals surface area contributed by atoms with Crippen molar-refractivity contribution < 1.29 is 9.05 Å². The molecular weight excluding hydrogens is 380 g/mol. The Morgan fingerprint density at radius 2 is 0.929 bits per heavy atom. The van der Waals surface area contributed by atoms with Crippen LogP contribution in [0, 0.1) is 0 Å².